The van der Waals surface area contributed by atoms with E-state index < -0.39 is 0 Å². The molecule has 0 amide bonds. The largest absolute Gasteiger partial charge is 0.458 e. The molecule has 19 rings (SSSR count). The highest BCUT2D eigenvalue weighted by Crippen LogP contribution is 2.55. The van der Waals surface area contributed by atoms with Crippen LogP contribution in [0.2, 0.25) is 0 Å². The normalized spacial score (nSPS) is 13.1. The minimum atomic E-state index is -0.291. The molecule has 110 heavy (non-hydrogen) atoms. The Morgan fingerprint density at radius 2 is 0.636 bits per heavy atom. The van der Waals surface area contributed by atoms with E-state index in [0.717, 1.165) is 141 Å². The first-order valence-corrected chi connectivity index (χ1v) is 38.7. The molecule has 0 unspecified atom stereocenters. The molecule has 0 aromatic heterocycles. The van der Waals surface area contributed by atoms with Crippen LogP contribution in [-0.2, 0) is 16.2 Å². The van der Waals surface area contributed by atoms with E-state index in [4.69, 9.17) is 4.74 Å². The average molecular weight is 1420 g/mol. The fourth-order valence-electron chi connectivity index (χ4n) is 17.5. The second kappa shape index (κ2) is 26.6. The van der Waals surface area contributed by atoms with Crippen molar-refractivity contribution in [3.05, 3.63) is 369 Å². The monoisotopic (exact) mass is 1420 g/mol. The molecular weight excluding hydrogens is 1330 g/mol. The highest BCUT2D eigenvalue weighted by atomic mass is 16.5. The van der Waals surface area contributed by atoms with E-state index in [9.17, 15) is 0 Å². The van der Waals surface area contributed by atoms with Crippen LogP contribution in [0, 0.1) is 0 Å². The first-order valence-electron chi connectivity index (χ1n) is 38.7. The number of rotatable bonds is 12. The first-order chi connectivity index (χ1) is 53.5. The number of ether oxygens (including phenoxy) is 1. The molecule has 0 saturated heterocycles. The van der Waals surface area contributed by atoms with Gasteiger partial charge in [0.25, 0.3) is 13.4 Å². The Bertz CT molecular complexity index is 5900. The van der Waals surface area contributed by atoms with Crippen LogP contribution in [0.1, 0.15) is 79.0 Å². The number of nitrogens with zero attached hydrogens (tertiary/aromatic N) is 5. The zero-order valence-electron chi connectivity index (χ0n) is 63.8. The van der Waals surface area contributed by atoms with Crippen molar-refractivity contribution in [3.63, 3.8) is 0 Å². The van der Waals surface area contributed by atoms with Crippen molar-refractivity contribution < 1.29 is 4.74 Å². The van der Waals surface area contributed by atoms with E-state index in [0.29, 0.717) is 0 Å². The Labute approximate surface area is 648 Å². The maximum Gasteiger partial charge on any atom is 0.256 e. The van der Waals surface area contributed by atoms with Gasteiger partial charge in [0.2, 0.25) is 0 Å². The maximum atomic E-state index is 7.69. The van der Waals surface area contributed by atoms with Gasteiger partial charge in [0.15, 0.2) is 0 Å². The van der Waals surface area contributed by atoms with Crippen LogP contribution in [0.15, 0.2) is 352 Å². The third-order valence-electron chi connectivity index (χ3n) is 22.9. The molecule has 6 nitrogen and oxygen atoms in total. The molecule has 0 N–H and O–H groups in total. The van der Waals surface area contributed by atoms with Crippen molar-refractivity contribution in [2.45, 2.75) is 78.6 Å². The van der Waals surface area contributed by atoms with E-state index in [1.807, 2.05) is 0 Å². The van der Waals surface area contributed by atoms with Gasteiger partial charge in [-0.15, -0.1) is 0 Å². The zero-order chi connectivity index (χ0) is 74.7. The van der Waals surface area contributed by atoms with Crippen molar-refractivity contribution >= 4 is 132 Å². The Morgan fingerprint density at radius 3 is 1.15 bits per heavy atom. The van der Waals surface area contributed by atoms with Gasteiger partial charge in [-0.2, -0.15) is 0 Å². The summed E-state index contributed by atoms with van der Waals surface area (Å²) in [4.78, 5) is 12.7. The molecule has 0 aliphatic carbocycles. The van der Waals surface area contributed by atoms with E-state index in [1.165, 1.54) is 38.5 Å². The number of hydrogen-bond acceptors (Lipinski definition) is 6. The second-order valence-electron chi connectivity index (χ2n) is 32.9. The smallest absolute Gasteiger partial charge is 0.256 e. The average Bonchev–Trinajstić information content (AvgIpc) is 0.683. The summed E-state index contributed by atoms with van der Waals surface area (Å²) in [5.74, 6) is 1.64. The Morgan fingerprint density at radius 1 is 0.255 bits per heavy atom. The lowest BCUT2D eigenvalue weighted by molar-refractivity contribution is 0.487. The van der Waals surface area contributed by atoms with Gasteiger partial charge in [0, 0.05) is 85.3 Å². The lowest BCUT2D eigenvalue weighted by Crippen LogP contribution is -2.64. The van der Waals surface area contributed by atoms with E-state index in [-0.39, 0.29) is 29.7 Å². The molecule has 4 heterocycles. The Kier molecular flexibility index (Phi) is 16.4. The van der Waals surface area contributed by atoms with E-state index in [1.54, 1.807) is 0 Å². The number of fused-ring (bicyclic) bond motifs is 8. The van der Waals surface area contributed by atoms with Crippen molar-refractivity contribution in [1.82, 2.24) is 0 Å². The Hall–Kier alpha value is -12.8. The van der Waals surface area contributed by atoms with Gasteiger partial charge < -0.3 is 29.2 Å². The predicted molar refractivity (Wildman–Crippen MR) is 468 cm³/mol. The van der Waals surface area contributed by atoms with Gasteiger partial charge >= 0.3 is 0 Å². The van der Waals surface area contributed by atoms with Gasteiger partial charge in [-0.3, -0.25) is 0 Å². The molecule has 4 aliphatic rings. The lowest BCUT2D eigenvalue weighted by atomic mass is 9.30. The predicted octanol–water partition coefficient (Wildman–Crippen LogP) is 24.0. The molecule has 0 bridgehead atoms. The third kappa shape index (κ3) is 11.6. The van der Waals surface area contributed by atoms with Crippen LogP contribution in [0.4, 0.5) is 85.3 Å². The van der Waals surface area contributed by atoms with Gasteiger partial charge in [-0.05, 0) is 186 Å². The molecule has 4 aliphatic heterocycles. The van der Waals surface area contributed by atoms with E-state index in [2.05, 4.69) is 439 Å². The number of benzene rings is 15. The molecule has 0 atom stereocenters. The quantitative estimate of drug-likeness (QED) is 0.113. The van der Waals surface area contributed by atoms with Crippen LogP contribution in [0.5, 0.6) is 11.5 Å². The number of para-hydroxylation sites is 9. The number of anilines is 15. The van der Waals surface area contributed by atoms with Crippen LogP contribution in [0.25, 0.3) is 33.4 Å². The highest BCUT2D eigenvalue weighted by molar-refractivity contribution is 7.02. The van der Waals surface area contributed by atoms with Gasteiger partial charge in [-0.25, -0.2) is 0 Å². The second-order valence-corrected chi connectivity index (χ2v) is 32.9. The fraction of sp³-hybridized carbons (Fsp3) is 0.118. The standard InChI is InChI=1S/C102H85B2N5O/c1-100(2,3)71-56-50-68(51-57-71)81-42-25-28-47-88(81)106(76-36-19-12-20-37-76)80-64-94-98-96(65-80)110-95-49-30-27-46-85(95)104(98)87-66-86-90(67-91(87)109(94)99-82(69-52-58-72(59-53-69)101(4,5)6)43-31-44-83(99)70-54-60-73(61-55-70)102(7,8)9)108(78-40-23-14-24-41-78)93-63-79(105(74-32-15-10-16-33-74)75-34-17-11-18-35-75)62-92-97(93)103(86)84-45-26-29-48-89(84)107(92)77-38-21-13-22-39-77/h10-67H,1-9H3. The van der Waals surface area contributed by atoms with Crippen LogP contribution < -0.4 is 62.0 Å². The minimum Gasteiger partial charge on any atom is -0.458 e. The summed E-state index contributed by atoms with van der Waals surface area (Å²) in [5.41, 5.74) is 33.4. The Balaban J connectivity index is 0.954. The van der Waals surface area contributed by atoms with Gasteiger partial charge in [-0.1, -0.05) is 305 Å². The zero-order valence-corrected chi connectivity index (χ0v) is 63.8. The summed E-state index contributed by atoms with van der Waals surface area (Å²) >= 11 is 0. The third-order valence-corrected chi connectivity index (χ3v) is 22.9. The molecule has 15 aromatic carbocycles. The van der Waals surface area contributed by atoms with Gasteiger partial charge in [0.05, 0.1) is 22.7 Å². The molecule has 0 radical (unpaired) electrons. The molecule has 8 heteroatoms. The summed E-state index contributed by atoms with van der Waals surface area (Å²) in [6, 6.07) is 132. The maximum absolute atomic E-state index is 7.69. The lowest BCUT2D eigenvalue weighted by Gasteiger charge is -2.47. The van der Waals surface area contributed by atoms with Gasteiger partial charge in [0.1, 0.15) is 11.5 Å². The van der Waals surface area contributed by atoms with Crippen molar-refractivity contribution in [2.24, 2.45) is 0 Å². The van der Waals surface area contributed by atoms with Crippen LogP contribution >= 0.6 is 0 Å². The summed E-state index contributed by atoms with van der Waals surface area (Å²) in [5, 5.41) is 0. The highest BCUT2D eigenvalue weighted by Gasteiger charge is 2.49. The summed E-state index contributed by atoms with van der Waals surface area (Å²) < 4.78 is 7.69. The molecule has 15 aromatic rings. The topological polar surface area (TPSA) is 25.4 Å². The van der Waals surface area contributed by atoms with Crippen molar-refractivity contribution in [1.29, 1.82) is 0 Å². The van der Waals surface area contributed by atoms with Crippen molar-refractivity contribution in [2.75, 3.05) is 24.5 Å². The summed E-state index contributed by atoms with van der Waals surface area (Å²) in [6.45, 7) is 20.2. The molecule has 530 valence electrons. The van der Waals surface area contributed by atoms with Crippen molar-refractivity contribution in [3.8, 4) is 44.9 Å². The molecule has 0 saturated carbocycles. The SMILES string of the molecule is CC(C)(C)c1ccc(-c2ccccc2N(c2ccccc2)c2cc3c4c(c2)N(c2c(-c5ccc(C(C)(C)C)cc5)cccc2-c2ccc(C(C)(C)C)cc2)c2cc5c(cc2B4c2ccccc2O3)B2c3ccccc3N(c3ccccc3)c3cc(N(c4ccccc4)c4ccccc4)cc(c32)N5c2ccccc2)cc1. The van der Waals surface area contributed by atoms with E-state index >= 15 is 0 Å². The minimum absolute atomic E-state index is 0.0145. The van der Waals surface area contributed by atoms with Crippen LogP contribution in [-0.4, -0.2) is 13.4 Å². The molecule has 0 spiro atoms. The first kappa shape index (κ1) is 67.8. The van der Waals surface area contributed by atoms with Crippen LogP contribution in [0.3, 0.4) is 0 Å². The summed E-state index contributed by atoms with van der Waals surface area (Å²) in [6.07, 6.45) is 0. The molecular formula is C102H85B2N5O. The summed E-state index contributed by atoms with van der Waals surface area (Å²) in [7, 11) is 0. The molecule has 0 fully saturated rings. The number of hydrogen-bond donors (Lipinski definition) is 0. The fourth-order valence-corrected chi connectivity index (χ4v) is 17.5.